The summed E-state index contributed by atoms with van der Waals surface area (Å²) in [5, 5.41) is 0. The molecule has 2 heteroatoms. The maximum atomic E-state index is 11.3. The monoisotopic (exact) mass is 215 g/mol. The first kappa shape index (κ1) is 11.1. The lowest BCUT2D eigenvalue weighted by molar-refractivity contribution is -0.118. The molecule has 1 saturated carbocycles. The van der Waals surface area contributed by atoms with Gasteiger partial charge in [0.15, 0.2) is 0 Å². The quantitative estimate of drug-likeness (QED) is 0.744. The fraction of sp³-hybridized carbons (Fsp3) is 0.429. The predicted octanol–water partition coefficient (Wildman–Crippen LogP) is 3.33. The van der Waals surface area contributed by atoms with E-state index >= 15 is 0 Å². The van der Waals surface area contributed by atoms with E-state index in [1.165, 1.54) is 5.56 Å². The summed E-state index contributed by atoms with van der Waals surface area (Å²) in [4.78, 5) is 16.0. The van der Waals surface area contributed by atoms with E-state index in [1.807, 2.05) is 18.2 Å². The van der Waals surface area contributed by atoms with E-state index in [2.05, 4.69) is 24.0 Å². The number of nitrogens with zero attached hydrogens (tertiary/aromatic N) is 1. The molecule has 0 radical (unpaired) electrons. The lowest BCUT2D eigenvalue weighted by Crippen LogP contribution is -2.15. The average Bonchev–Trinajstić information content (AvgIpc) is 2.30. The maximum Gasteiger partial charge on any atom is 0.138 e. The largest absolute Gasteiger partial charge is 0.299 e. The van der Waals surface area contributed by atoms with E-state index in [1.54, 1.807) is 0 Å². The third-order valence-electron chi connectivity index (χ3n) is 2.98. The third-order valence-corrected chi connectivity index (χ3v) is 2.98. The van der Waals surface area contributed by atoms with E-state index in [4.69, 9.17) is 0 Å². The number of carbonyl (C=O) groups excluding carboxylic acids is 1. The molecule has 0 heterocycles. The van der Waals surface area contributed by atoms with Crippen LogP contribution in [0.4, 0.5) is 0 Å². The van der Waals surface area contributed by atoms with E-state index in [0.717, 1.165) is 25.0 Å². The van der Waals surface area contributed by atoms with Crippen molar-refractivity contribution in [1.29, 1.82) is 0 Å². The van der Waals surface area contributed by atoms with Gasteiger partial charge in [-0.2, -0.15) is 0 Å². The van der Waals surface area contributed by atoms with Gasteiger partial charge >= 0.3 is 0 Å². The number of carbonyl (C=O) groups is 1. The lowest BCUT2D eigenvalue weighted by Gasteiger charge is -2.14. The molecule has 1 unspecified atom stereocenters. The van der Waals surface area contributed by atoms with E-state index in [9.17, 15) is 4.79 Å². The van der Waals surface area contributed by atoms with Gasteiger partial charge < -0.3 is 0 Å². The summed E-state index contributed by atoms with van der Waals surface area (Å²) in [5.74, 6) is 0.338. The van der Waals surface area contributed by atoms with Gasteiger partial charge in [0.25, 0.3) is 0 Å². The van der Waals surface area contributed by atoms with Gasteiger partial charge in [0, 0.05) is 18.6 Å². The highest BCUT2D eigenvalue weighted by Gasteiger charge is 2.15. The zero-order valence-corrected chi connectivity index (χ0v) is 9.65. The van der Waals surface area contributed by atoms with Gasteiger partial charge in [-0.3, -0.25) is 9.79 Å². The van der Waals surface area contributed by atoms with Crippen molar-refractivity contribution in [2.24, 2.45) is 4.99 Å². The molecular weight excluding hydrogens is 198 g/mol. The van der Waals surface area contributed by atoms with E-state index in [-0.39, 0.29) is 6.04 Å². The first-order chi connectivity index (χ1) is 7.75. The SMILES string of the molecule is CC(N=C1CCCC(=O)C1)c1ccccc1. The minimum Gasteiger partial charge on any atom is -0.299 e. The maximum absolute atomic E-state index is 11.3. The number of rotatable bonds is 2. The van der Waals surface area contributed by atoms with Crippen molar-refractivity contribution in [2.75, 3.05) is 0 Å². The molecule has 1 atom stereocenters. The summed E-state index contributed by atoms with van der Waals surface area (Å²) in [7, 11) is 0. The number of ketones is 1. The standard InChI is InChI=1S/C14H17NO/c1-11(12-6-3-2-4-7-12)15-13-8-5-9-14(16)10-13/h2-4,6-7,11H,5,8-10H2,1H3. The van der Waals surface area contributed by atoms with Crippen molar-refractivity contribution in [1.82, 2.24) is 0 Å². The minimum absolute atomic E-state index is 0.169. The summed E-state index contributed by atoms with van der Waals surface area (Å²) in [6, 6.07) is 10.4. The molecule has 1 aromatic carbocycles. The predicted molar refractivity (Wildman–Crippen MR) is 65.8 cm³/mol. The third kappa shape index (κ3) is 2.78. The van der Waals surface area contributed by atoms with Crippen molar-refractivity contribution >= 4 is 11.5 Å². The van der Waals surface area contributed by atoms with Crippen LogP contribution in [0.15, 0.2) is 35.3 Å². The molecule has 2 nitrogen and oxygen atoms in total. The summed E-state index contributed by atoms with van der Waals surface area (Å²) >= 11 is 0. The van der Waals surface area contributed by atoms with Crippen molar-refractivity contribution in [3.63, 3.8) is 0 Å². The Hall–Kier alpha value is -1.44. The van der Waals surface area contributed by atoms with Crippen LogP contribution >= 0.6 is 0 Å². The minimum atomic E-state index is 0.169. The van der Waals surface area contributed by atoms with Crippen molar-refractivity contribution in [3.05, 3.63) is 35.9 Å². The number of aliphatic imine (C=N–C) groups is 1. The van der Waals surface area contributed by atoms with Crippen LogP contribution in [-0.4, -0.2) is 11.5 Å². The van der Waals surface area contributed by atoms with Crippen LogP contribution in [0, 0.1) is 0 Å². The van der Waals surface area contributed by atoms with Gasteiger partial charge in [0.1, 0.15) is 5.78 Å². The molecule has 0 N–H and O–H groups in total. The second-order valence-corrected chi connectivity index (χ2v) is 4.35. The summed E-state index contributed by atoms with van der Waals surface area (Å²) in [6.07, 6.45) is 3.26. The lowest BCUT2D eigenvalue weighted by atomic mass is 9.96. The van der Waals surface area contributed by atoms with Gasteiger partial charge in [-0.15, -0.1) is 0 Å². The molecule has 2 rings (SSSR count). The molecule has 16 heavy (non-hydrogen) atoms. The van der Waals surface area contributed by atoms with Crippen LogP contribution in [0.1, 0.15) is 44.2 Å². The molecule has 0 spiro atoms. The Labute approximate surface area is 96.4 Å². The Morgan fingerprint density at radius 1 is 1.19 bits per heavy atom. The van der Waals surface area contributed by atoms with Crippen molar-refractivity contribution in [3.8, 4) is 0 Å². The van der Waals surface area contributed by atoms with Gasteiger partial charge in [-0.1, -0.05) is 30.3 Å². The highest BCUT2D eigenvalue weighted by Crippen LogP contribution is 2.20. The number of benzene rings is 1. The fourth-order valence-corrected chi connectivity index (χ4v) is 2.08. The van der Waals surface area contributed by atoms with Gasteiger partial charge in [0.05, 0.1) is 6.04 Å². The Kier molecular flexibility index (Phi) is 3.50. The molecular formula is C14H17NO. The first-order valence-electron chi connectivity index (χ1n) is 5.88. The normalized spacial score (nSPS) is 21.1. The van der Waals surface area contributed by atoms with Crippen molar-refractivity contribution in [2.45, 2.75) is 38.6 Å². The topological polar surface area (TPSA) is 29.4 Å². The Bertz CT molecular complexity index is 394. The van der Waals surface area contributed by atoms with E-state index in [0.29, 0.717) is 12.2 Å². The van der Waals surface area contributed by atoms with Crippen LogP contribution < -0.4 is 0 Å². The molecule has 0 bridgehead atoms. The number of hydrogen-bond donors (Lipinski definition) is 0. The Morgan fingerprint density at radius 2 is 1.94 bits per heavy atom. The summed E-state index contributed by atoms with van der Waals surface area (Å²) in [6.45, 7) is 2.08. The van der Waals surface area contributed by atoms with Crippen LogP contribution in [-0.2, 0) is 4.79 Å². The van der Waals surface area contributed by atoms with Gasteiger partial charge in [-0.25, -0.2) is 0 Å². The molecule has 0 saturated heterocycles. The van der Waals surface area contributed by atoms with Gasteiger partial charge in [0.2, 0.25) is 0 Å². The van der Waals surface area contributed by atoms with E-state index < -0.39 is 0 Å². The second kappa shape index (κ2) is 5.06. The fourth-order valence-electron chi connectivity index (χ4n) is 2.08. The van der Waals surface area contributed by atoms with Crippen molar-refractivity contribution < 1.29 is 4.79 Å². The molecule has 1 aromatic rings. The molecule has 1 aliphatic rings. The zero-order chi connectivity index (χ0) is 11.4. The average molecular weight is 215 g/mol. The smallest absolute Gasteiger partial charge is 0.138 e. The zero-order valence-electron chi connectivity index (χ0n) is 9.65. The number of hydrogen-bond acceptors (Lipinski definition) is 2. The van der Waals surface area contributed by atoms with Crippen LogP contribution in [0.2, 0.25) is 0 Å². The molecule has 1 fully saturated rings. The summed E-state index contributed by atoms with van der Waals surface area (Å²) < 4.78 is 0. The second-order valence-electron chi connectivity index (χ2n) is 4.35. The van der Waals surface area contributed by atoms with Crippen LogP contribution in [0.5, 0.6) is 0 Å². The number of Topliss-reactive ketones (excluding diaryl/α,β-unsaturated/α-hetero) is 1. The first-order valence-corrected chi connectivity index (χ1v) is 5.88. The molecule has 0 amide bonds. The van der Waals surface area contributed by atoms with Crippen LogP contribution in [0.25, 0.3) is 0 Å². The Morgan fingerprint density at radius 3 is 2.62 bits per heavy atom. The van der Waals surface area contributed by atoms with Gasteiger partial charge in [-0.05, 0) is 25.3 Å². The molecule has 0 aromatic heterocycles. The highest BCUT2D eigenvalue weighted by molar-refractivity contribution is 6.04. The van der Waals surface area contributed by atoms with Crippen LogP contribution in [0.3, 0.4) is 0 Å². The molecule has 84 valence electrons. The summed E-state index contributed by atoms with van der Waals surface area (Å²) in [5.41, 5.74) is 2.29. The Balaban J connectivity index is 2.08. The molecule has 1 aliphatic carbocycles. The molecule has 0 aliphatic heterocycles. The highest BCUT2D eigenvalue weighted by atomic mass is 16.1.